The number of furan rings is 1. The number of para-hydroxylation sites is 2. The first-order chi connectivity index (χ1) is 15.6. The average Bonchev–Trinajstić information content (AvgIpc) is 3.30. The smallest absolute Gasteiger partial charge is 0.159 e. The predicted octanol–water partition coefficient (Wildman–Crippen LogP) is 7.54. The quantitative estimate of drug-likeness (QED) is 0.296. The van der Waals surface area contributed by atoms with Gasteiger partial charge in [0.05, 0.1) is 11.4 Å². The molecule has 3 aromatic carbocycles. The molecule has 6 rings (SSSR count). The number of aromatic nitrogens is 1. The minimum atomic E-state index is 0.0391. The third-order valence-corrected chi connectivity index (χ3v) is 6.64. The van der Waals surface area contributed by atoms with Crippen molar-refractivity contribution in [2.75, 3.05) is 9.80 Å². The Labute approximate surface area is 187 Å². The van der Waals surface area contributed by atoms with Crippen molar-refractivity contribution >= 4 is 44.8 Å². The first-order valence-electron chi connectivity index (χ1n) is 11.1. The highest BCUT2D eigenvalue weighted by Crippen LogP contribution is 2.50. The summed E-state index contributed by atoms with van der Waals surface area (Å²) in [5.74, 6) is 0.957. The number of hydrogen-bond acceptors (Lipinski definition) is 4. The van der Waals surface area contributed by atoms with Gasteiger partial charge in [0.1, 0.15) is 11.7 Å². The molecule has 0 spiro atoms. The zero-order chi connectivity index (χ0) is 22.0. The van der Waals surface area contributed by atoms with E-state index in [-0.39, 0.29) is 6.17 Å². The SMILES string of the molecule is Cc1cccc(C)c1N1c2cccnc2N(c2c(C)ccc3c2oc2ccccc23)C1C. The molecule has 1 aliphatic rings. The van der Waals surface area contributed by atoms with Gasteiger partial charge >= 0.3 is 0 Å². The number of pyridine rings is 1. The van der Waals surface area contributed by atoms with E-state index in [1.165, 1.54) is 22.4 Å². The standard InChI is InChI=1S/C28H25N3O/c1-17-9-7-10-18(2)25(17)30-20(4)31(28-23(30)12-8-16-29-28)26-19(3)14-15-22-21-11-5-6-13-24(21)32-27(22)26/h5-16,20H,1-4H3. The summed E-state index contributed by atoms with van der Waals surface area (Å²) in [5.41, 5.74) is 8.95. The van der Waals surface area contributed by atoms with Gasteiger partial charge in [0.25, 0.3) is 0 Å². The molecular formula is C28H25N3O. The summed E-state index contributed by atoms with van der Waals surface area (Å²) in [5, 5.41) is 2.28. The lowest BCUT2D eigenvalue weighted by molar-refractivity contribution is 0.662. The van der Waals surface area contributed by atoms with Crippen LogP contribution < -0.4 is 9.80 Å². The molecule has 5 aromatic rings. The number of benzene rings is 3. The summed E-state index contributed by atoms with van der Waals surface area (Å²) in [6, 6.07) is 23.3. The Morgan fingerprint density at radius 3 is 2.28 bits per heavy atom. The van der Waals surface area contributed by atoms with E-state index in [2.05, 4.69) is 86.0 Å². The molecular weight excluding hydrogens is 394 g/mol. The summed E-state index contributed by atoms with van der Waals surface area (Å²) >= 11 is 0. The number of anilines is 4. The fraction of sp³-hybridized carbons (Fsp3) is 0.179. The summed E-state index contributed by atoms with van der Waals surface area (Å²) in [6.45, 7) is 8.76. The average molecular weight is 420 g/mol. The van der Waals surface area contributed by atoms with Crippen molar-refractivity contribution in [2.45, 2.75) is 33.9 Å². The van der Waals surface area contributed by atoms with Crippen LogP contribution in [0, 0.1) is 20.8 Å². The van der Waals surface area contributed by atoms with Crippen LogP contribution in [-0.2, 0) is 0 Å². The van der Waals surface area contributed by atoms with Crippen LogP contribution in [-0.4, -0.2) is 11.1 Å². The Balaban J connectivity index is 1.64. The molecule has 158 valence electrons. The Morgan fingerprint density at radius 1 is 0.719 bits per heavy atom. The Kier molecular flexibility index (Phi) is 4.06. The number of fused-ring (bicyclic) bond motifs is 4. The van der Waals surface area contributed by atoms with Crippen molar-refractivity contribution in [3.63, 3.8) is 0 Å². The van der Waals surface area contributed by atoms with Gasteiger partial charge in [0.15, 0.2) is 11.4 Å². The predicted molar refractivity (Wildman–Crippen MR) is 132 cm³/mol. The minimum Gasteiger partial charge on any atom is -0.454 e. The molecule has 1 aliphatic heterocycles. The molecule has 1 unspecified atom stereocenters. The van der Waals surface area contributed by atoms with E-state index in [0.717, 1.165) is 39.1 Å². The molecule has 0 radical (unpaired) electrons. The van der Waals surface area contributed by atoms with Crippen LogP contribution in [0.3, 0.4) is 0 Å². The molecule has 3 heterocycles. The fourth-order valence-corrected chi connectivity index (χ4v) is 5.21. The van der Waals surface area contributed by atoms with E-state index in [1.807, 2.05) is 24.4 Å². The molecule has 0 N–H and O–H groups in total. The number of nitrogens with zero attached hydrogens (tertiary/aromatic N) is 3. The third kappa shape index (κ3) is 2.53. The lowest BCUT2D eigenvalue weighted by Gasteiger charge is -2.32. The van der Waals surface area contributed by atoms with Gasteiger partial charge in [-0.15, -0.1) is 0 Å². The monoisotopic (exact) mass is 419 g/mol. The van der Waals surface area contributed by atoms with Crippen LogP contribution in [0.25, 0.3) is 21.9 Å². The fourth-order valence-electron chi connectivity index (χ4n) is 5.21. The normalized spacial score (nSPS) is 15.7. The van der Waals surface area contributed by atoms with Crippen LogP contribution in [0.15, 0.2) is 77.3 Å². The van der Waals surface area contributed by atoms with Crippen LogP contribution in [0.2, 0.25) is 0 Å². The molecule has 0 fully saturated rings. The van der Waals surface area contributed by atoms with E-state index in [0.29, 0.717) is 0 Å². The summed E-state index contributed by atoms with van der Waals surface area (Å²) in [6.07, 6.45) is 1.91. The van der Waals surface area contributed by atoms with Crippen molar-refractivity contribution in [2.24, 2.45) is 0 Å². The van der Waals surface area contributed by atoms with E-state index < -0.39 is 0 Å². The van der Waals surface area contributed by atoms with Gasteiger partial charge in [-0.1, -0.05) is 48.5 Å². The molecule has 0 aliphatic carbocycles. The van der Waals surface area contributed by atoms with E-state index in [1.54, 1.807) is 0 Å². The van der Waals surface area contributed by atoms with Crippen molar-refractivity contribution in [3.8, 4) is 0 Å². The van der Waals surface area contributed by atoms with Gasteiger partial charge in [-0.25, -0.2) is 4.98 Å². The molecule has 0 amide bonds. The highest BCUT2D eigenvalue weighted by molar-refractivity contribution is 6.10. The van der Waals surface area contributed by atoms with Gasteiger partial charge in [-0.05, 0) is 62.6 Å². The highest BCUT2D eigenvalue weighted by Gasteiger charge is 2.39. The molecule has 1 atom stereocenters. The molecule has 2 aromatic heterocycles. The van der Waals surface area contributed by atoms with Crippen LogP contribution >= 0.6 is 0 Å². The zero-order valence-corrected chi connectivity index (χ0v) is 18.8. The molecule has 4 heteroatoms. The van der Waals surface area contributed by atoms with Gasteiger partial charge in [-0.2, -0.15) is 0 Å². The summed E-state index contributed by atoms with van der Waals surface area (Å²) in [7, 11) is 0. The number of rotatable bonds is 2. The van der Waals surface area contributed by atoms with Gasteiger partial charge in [0, 0.05) is 22.7 Å². The molecule has 4 nitrogen and oxygen atoms in total. The van der Waals surface area contributed by atoms with Gasteiger partial charge in [-0.3, -0.25) is 4.90 Å². The lowest BCUT2D eigenvalue weighted by atomic mass is 10.1. The number of aryl methyl sites for hydroxylation is 3. The lowest BCUT2D eigenvalue weighted by Crippen LogP contribution is -2.36. The first-order valence-corrected chi connectivity index (χ1v) is 11.1. The topological polar surface area (TPSA) is 32.5 Å². The zero-order valence-electron chi connectivity index (χ0n) is 18.8. The minimum absolute atomic E-state index is 0.0391. The van der Waals surface area contributed by atoms with Crippen molar-refractivity contribution in [1.29, 1.82) is 0 Å². The summed E-state index contributed by atoms with van der Waals surface area (Å²) in [4.78, 5) is 9.59. The Morgan fingerprint density at radius 2 is 1.47 bits per heavy atom. The Bertz CT molecular complexity index is 1480. The second-order valence-corrected chi connectivity index (χ2v) is 8.66. The van der Waals surface area contributed by atoms with Crippen LogP contribution in [0.4, 0.5) is 22.9 Å². The van der Waals surface area contributed by atoms with Crippen molar-refractivity contribution in [3.05, 3.63) is 89.6 Å². The largest absolute Gasteiger partial charge is 0.454 e. The van der Waals surface area contributed by atoms with Crippen LogP contribution in [0.1, 0.15) is 23.6 Å². The van der Waals surface area contributed by atoms with Crippen molar-refractivity contribution in [1.82, 2.24) is 4.98 Å². The Hall–Kier alpha value is -3.79. The maximum Gasteiger partial charge on any atom is 0.159 e. The second-order valence-electron chi connectivity index (χ2n) is 8.66. The highest BCUT2D eigenvalue weighted by atomic mass is 16.3. The van der Waals surface area contributed by atoms with E-state index in [9.17, 15) is 0 Å². The second kappa shape index (κ2) is 6.86. The van der Waals surface area contributed by atoms with Gasteiger partial charge < -0.3 is 9.32 Å². The maximum absolute atomic E-state index is 6.44. The number of hydrogen-bond donors (Lipinski definition) is 0. The van der Waals surface area contributed by atoms with Gasteiger partial charge in [0.2, 0.25) is 0 Å². The van der Waals surface area contributed by atoms with E-state index in [4.69, 9.17) is 9.40 Å². The molecule has 0 saturated heterocycles. The molecule has 32 heavy (non-hydrogen) atoms. The third-order valence-electron chi connectivity index (χ3n) is 6.64. The van der Waals surface area contributed by atoms with Crippen LogP contribution in [0.5, 0.6) is 0 Å². The van der Waals surface area contributed by atoms with Crippen molar-refractivity contribution < 1.29 is 4.42 Å². The molecule has 0 bridgehead atoms. The maximum atomic E-state index is 6.44. The molecule has 0 saturated carbocycles. The van der Waals surface area contributed by atoms with E-state index >= 15 is 0 Å². The summed E-state index contributed by atoms with van der Waals surface area (Å²) < 4.78 is 6.44. The first kappa shape index (κ1) is 18.9.